The summed E-state index contributed by atoms with van der Waals surface area (Å²) in [6.45, 7) is 7.57. The maximum atomic E-state index is 12.5. The quantitative estimate of drug-likeness (QED) is 0.687. The lowest BCUT2D eigenvalue weighted by Crippen LogP contribution is -2.36. The fourth-order valence-electron chi connectivity index (χ4n) is 3.90. The Kier molecular flexibility index (Phi) is 5.47. The van der Waals surface area contributed by atoms with Gasteiger partial charge in [0.15, 0.2) is 0 Å². The number of aromatic nitrogens is 3. The Morgan fingerprint density at radius 1 is 1.33 bits per heavy atom. The predicted octanol–water partition coefficient (Wildman–Crippen LogP) is 4.11. The molecule has 1 unspecified atom stereocenters. The van der Waals surface area contributed by atoms with Gasteiger partial charge in [0.25, 0.3) is 5.91 Å². The maximum Gasteiger partial charge on any atom is 0.274 e. The first kappa shape index (κ1) is 20.3. The molecule has 0 radical (unpaired) electrons. The molecule has 0 spiro atoms. The minimum atomic E-state index is -0.241. The van der Waals surface area contributed by atoms with Crippen molar-refractivity contribution >= 4 is 22.5 Å². The number of nitrogens with zero attached hydrogens (tertiary/aromatic N) is 3. The number of hydrogen-bond donors (Lipinski definition) is 1. The number of amides is 1. The first-order valence-corrected chi connectivity index (χ1v) is 10.3. The molecule has 1 atom stereocenters. The van der Waals surface area contributed by atoms with E-state index in [1.807, 2.05) is 38.2 Å². The van der Waals surface area contributed by atoms with Crippen LogP contribution >= 0.6 is 0 Å². The van der Waals surface area contributed by atoms with E-state index in [0.717, 1.165) is 35.9 Å². The number of hydrogen-bond acceptors (Lipinski definition) is 5. The molecule has 1 fully saturated rings. The van der Waals surface area contributed by atoms with Crippen LogP contribution in [-0.4, -0.2) is 39.5 Å². The SMILES string of the molecule is Cc1ccc(C(=O)Nc2ccc3c(OCC4CCOC(C)(C)C4)nn(C)c3c2)nc1. The molecule has 2 aromatic heterocycles. The Balaban J connectivity index is 1.47. The first-order chi connectivity index (χ1) is 14.3. The van der Waals surface area contributed by atoms with Gasteiger partial charge in [0, 0.05) is 25.5 Å². The van der Waals surface area contributed by atoms with Crippen LogP contribution in [0.1, 0.15) is 42.7 Å². The molecule has 158 valence electrons. The van der Waals surface area contributed by atoms with Crippen molar-refractivity contribution in [2.45, 2.75) is 39.2 Å². The molecule has 1 aliphatic heterocycles. The summed E-state index contributed by atoms with van der Waals surface area (Å²) in [5.74, 6) is 0.830. The van der Waals surface area contributed by atoms with Crippen molar-refractivity contribution in [2.24, 2.45) is 13.0 Å². The highest BCUT2D eigenvalue weighted by Crippen LogP contribution is 2.31. The first-order valence-electron chi connectivity index (χ1n) is 10.3. The van der Waals surface area contributed by atoms with Crippen LogP contribution in [0.4, 0.5) is 5.69 Å². The second-order valence-corrected chi connectivity index (χ2v) is 8.61. The number of nitrogens with one attached hydrogen (secondary N) is 1. The molecule has 7 nitrogen and oxygen atoms in total. The van der Waals surface area contributed by atoms with Gasteiger partial charge in [0.1, 0.15) is 5.69 Å². The summed E-state index contributed by atoms with van der Waals surface area (Å²) >= 11 is 0. The molecule has 1 N–H and O–H groups in total. The van der Waals surface area contributed by atoms with Gasteiger partial charge >= 0.3 is 0 Å². The van der Waals surface area contributed by atoms with Crippen molar-refractivity contribution in [1.82, 2.24) is 14.8 Å². The van der Waals surface area contributed by atoms with Crippen molar-refractivity contribution < 1.29 is 14.3 Å². The van der Waals surface area contributed by atoms with Gasteiger partial charge < -0.3 is 14.8 Å². The monoisotopic (exact) mass is 408 g/mol. The van der Waals surface area contributed by atoms with Gasteiger partial charge in [-0.25, -0.2) is 0 Å². The lowest BCUT2D eigenvalue weighted by atomic mass is 9.89. The second kappa shape index (κ2) is 8.07. The second-order valence-electron chi connectivity index (χ2n) is 8.61. The Labute approximate surface area is 176 Å². The van der Waals surface area contributed by atoms with Crippen LogP contribution in [0.2, 0.25) is 0 Å². The van der Waals surface area contributed by atoms with Crippen LogP contribution in [0.15, 0.2) is 36.5 Å². The summed E-state index contributed by atoms with van der Waals surface area (Å²) in [4.78, 5) is 16.6. The Hall–Kier alpha value is -2.93. The van der Waals surface area contributed by atoms with Crippen molar-refractivity contribution in [3.8, 4) is 5.88 Å². The molecule has 1 amide bonds. The van der Waals surface area contributed by atoms with Gasteiger partial charge in [0.2, 0.25) is 5.88 Å². The maximum absolute atomic E-state index is 12.5. The number of anilines is 1. The largest absolute Gasteiger partial charge is 0.476 e. The zero-order valence-corrected chi connectivity index (χ0v) is 17.9. The standard InChI is InChI=1S/C23H28N4O3/c1-15-5-8-19(24-13-15)21(28)25-17-6-7-18-20(11-17)27(4)26-22(18)29-14-16-9-10-30-23(2,3)12-16/h5-8,11,13,16H,9-10,12,14H2,1-4H3,(H,25,28). The third-order valence-electron chi connectivity index (χ3n) is 5.47. The topological polar surface area (TPSA) is 78.3 Å². The van der Waals surface area contributed by atoms with Gasteiger partial charge in [-0.05, 0) is 69.4 Å². The summed E-state index contributed by atoms with van der Waals surface area (Å²) < 4.78 is 13.7. The third-order valence-corrected chi connectivity index (χ3v) is 5.47. The van der Waals surface area contributed by atoms with Crippen molar-refractivity contribution in [2.75, 3.05) is 18.5 Å². The van der Waals surface area contributed by atoms with E-state index < -0.39 is 0 Å². The number of benzene rings is 1. The third kappa shape index (κ3) is 4.46. The number of pyridine rings is 1. The molecule has 0 bridgehead atoms. The van der Waals surface area contributed by atoms with Crippen molar-refractivity contribution in [3.63, 3.8) is 0 Å². The van der Waals surface area contributed by atoms with Gasteiger partial charge in [-0.3, -0.25) is 14.5 Å². The zero-order chi connectivity index (χ0) is 21.3. The Morgan fingerprint density at radius 3 is 2.90 bits per heavy atom. The molecular formula is C23H28N4O3. The summed E-state index contributed by atoms with van der Waals surface area (Å²) in [5, 5.41) is 8.36. The summed E-state index contributed by atoms with van der Waals surface area (Å²) in [6, 6.07) is 9.29. The normalized spacial score (nSPS) is 18.3. The highest BCUT2D eigenvalue weighted by Gasteiger charge is 2.29. The van der Waals surface area contributed by atoms with E-state index >= 15 is 0 Å². The molecule has 3 aromatic rings. The fourth-order valence-corrected chi connectivity index (χ4v) is 3.90. The number of rotatable bonds is 5. The molecule has 4 rings (SSSR count). The van der Waals surface area contributed by atoms with Crippen molar-refractivity contribution in [3.05, 3.63) is 47.8 Å². The van der Waals surface area contributed by atoms with Crippen molar-refractivity contribution in [1.29, 1.82) is 0 Å². The van der Waals surface area contributed by atoms with Crippen LogP contribution < -0.4 is 10.1 Å². The van der Waals surface area contributed by atoms with Gasteiger partial charge in [0.05, 0.1) is 23.1 Å². The molecule has 1 saturated heterocycles. The molecule has 0 saturated carbocycles. The summed E-state index contributed by atoms with van der Waals surface area (Å²) in [6.07, 6.45) is 3.65. The molecule has 7 heteroatoms. The van der Waals surface area contributed by atoms with E-state index in [-0.39, 0.29) is 11.5 Å². The van der Waals surface area contributed by atoms with Crippen LogP contribution in [0.3, 0.4) is 0 Å². The number of carbonyl (C=O) groups excluding carboxylic acids is 1. The predicted molar refractivity (Wildman–Crippen MR) is 116 cm³/mol. The highest BCUT2D eigenvalue weighted by atomic mass is 16.5. The van der Waals surface area contributed by atoms with Crippen LogP contribution in [0.5, 0.6) is 5.88 Å². The van der Waals surface area contributed by atoms with Crippen LogP contribution in [-0.2, 0) is 11.8 Å². The van der Waals surface area contributed by atoms with E-state index in [4.69, 9.17) is 9.47 Å². The number of aryl methyl sites for hydroxylation is 2. The Morgan fingerprint density at radius 2 is 2.17 bits per heavy atom. The number of ether oxygens (including phenoxy) is 2. The minimum absolute atomic E-state index is 0.0993. The van der Waals surface area contributed by atoms with E-state index in [2.05, 4.69) is 29.2 Å². The summed E-state index contributed by atoms with van der Waals surface area (Å²) in [5.41, 5.74) is 2.88. The molecule has 1 aliphatic rings. The van der Waals surface area contributed by atoms with Crippen LogP contribution in [0, 0.1) is 12.8 Å². The van der Waals surface area contributed by atoms with E-state index in [1.165, 1.54) is 0 Å². The average Bonchev–Trinajstić information content (AvgIpc) is 3.01. The lowest BCUT2D eigenvalue weighted by Gasteiger charge is -2.35. The average molecular weight is 409 g/mol. The lowest BCUT2D eigenvalue weighted by molar-refractivity contribution is -0.0786. The minimum Gasteiger partial charge on any atom is -0.476 e. The van der Waals surface area contributed by atoms with Gasteiger partial charge in [-0.1, -0.05) is 6.07 Å². The molecule has 30 heavy (non-hydrogen) atoms. The molecule has 0 aliphatic carbocycles. The van der Waals surface area contributed by atoms with E-state index in [0.29, 0.717) is 29.8 Å². The zero-order valence-electron chi connectivity index (χ0n) is 17.9. The number of carbonyl (C=O) groups is 1. The molecule has 1 aromatic carbocycles. The van der Waals surface area contributed by atoms with Gasteiger partial charge in [-0.2, -0.15) is 0 Å². The van der Waals surface area contributed by atoms with E-state index in [1.54, 1.807) is 16.9 Å². The molecular weight excluding hydrogens is 380 g/mol. The summed E-state index contributed by atoms with van der Waals surface area (Å²) in [7, 11) is 1.87. The Bertz CT molecular complexity index is 1060. The smallest absolute Gasteiger partial charge is 0.274 e. The number of fused-ring (bicyclic) bond motifs is 1. The fraction of sp³-hybridized carbons (Fsp3) is 0.435. The molecule has 3 heterocycles. The van der Waals surface area contributed by atoms with E-state index in [9.17, 15) is 4.79 Å². The van der Waals surface area contributed by atoms with Gasteiger partial charge in [-0.15, -0.1) is 5.10 Å². The highest BCUT2D eigenvalue weighted by molar-refractivity contribution is 6.04. The van der Waals surface area contributed by atoms with Crippen LogP contribution in [0.25, 0.3) is 10.9 Å².